The van der Waals surface area contributed by atoms with Crippen LogP contribution in [0.1, 0.15) is 5.56 Å². The molecule has 4 heteroatoms. The molecule has 4 rings (SSSR count). The standard InChI is InChI=1S/C20H14N2O2/c1-2-13-7-8-19-16(9-13)17(22-23)11-20(24-19)18-10-14-5-3-4-6-15(14)12-21-18/h2-12,23H,1H2/b22-17+. The van der Waals surface area contributed by atoms with E-state index in [1.54, 1.807) is 18.3 Å². The zero-order chi connectivity index (χ0) is 16.5. The molecular weight excluding hydrogens is 300 g/mol. The first kappa shape index (κ1) is 14.2. The summed E-state index contributed by atoms with van der Waals surface area (Å²) in [5.41, 5.74) is 2.24. The Bertz CT molecular complexity index is 1140. The number of aromatic nitrogens is 1. The number of nitrogens with zero attached hydrogens (tertiary/aromatic N) is 2. The van der Waals surface area contributed by atoms with Crippen LogP contribution in [0, 0.1) is 0 Å². The lowest BCUT2D eigenvalue weighted by Crippen LogP contribution is -2.04. The highest BCUT2D eigenvalue weighted by atomic mass is 16.4. The molecule has 2 aromatic heterocycles. The van der Waals surface area contributed by atoms with E-state index in [4.69, 9.17) is 4.42 Å². The van der Waals surface area contributed by atoms with E-state index >= 15 is 0 Å². The summed E-state index contributed by atoms with van der Waals surface area (Å²) in [6.07, 6.45) is 3.54. The molecule has 0 aliphatic heterocycles. The molecule has 116 valence electrons. The molecule has 0 radical (unpaired) electrons. The second kappa shape index (κ2) is 5.66. The van der Waals surface area contributed by atoms with Crippen molar-refractivity contribution >= 4 is 27.8 Å². The van der Waals surface area contributed by atoms with Gasteiger partial charge in [-0.15, -0.1) is 0 Å². The van der Waals surface area contributed by atoms with Crippen molar-refractivity contribution < 1.29 is 9.62 Å². The van der Waals surface area contributed by atoms with Crippen LogP contribution in [0.5, 0.6) is 0 Å². The molecule has 0 saturated carbocycles. The van der Waals surface area contributed by atoms with Gasteiger partial charge in [0.2, 0.25) is 0 Å². The van der Waals surface area contributed by atoms with Gasteiger partial charge in [-0.05, 0) is 29.1 Å². The van der Waals surface area contributed by atoms with Crippen LogP contribution >= 0.6 is 0 Å². The fourth-order valence-corrected chi connectivity index (χ4v) is 2.74. The van der Waals surface area contributed by atoms with Gasteiger partial charge in [0.05, 0.1) is 0 Å². The average Bonchev–Trinajstić information content (AvgIpc) is 2.66. The van der Waals surface area contributed by atoms with Crippen LogP contribution in [0.25, 0.3) is 39.3 Å². The summed E-state index contributed by atoms with van der Waals surface area (Å²) < 4.78 is 5.97. The second-order valence-electron chi connectivity index (χ2n) is 5.47. The Morgan fingerprint density at radius 1 is 1.04 bits per heavy atom. The number of hydrogen-bond donors (Lipinski definition) is 1. The molecule has 4 nitrogen and oxygen atoms in total. The molecule has 0 unspecified atom stereocenters. The average molecular weight is 314 g/mol. The van der Waals surface area contributed by atoms with Gasteiger partial charge in [0.25, 0.3) is 0 Å². The summed E-state index contributed by atoms with van der Waals surface area (Å²) in [5.74, 6) is 0.549. The molecule has 0 fully saturated rings. The lowest BCUT2D eigenvalue weighted by Gasteiger charge is -2.06. The van der Waals surface area contributed by atoms with Crippen molar-refractivity contribution in [3.8, 4) is 11.5 Å². The topological polar surface area (TPSA) is 58.6 Å². The number of hydrogen-bond acceptors (Lipinski definition) is 4. The summed E-state index contributed by atoms with van der Waals surface area (Å²) in [6.45, 7) is 3.75. The molecule has 24 heavy (non-hydrogen) atoms. The van der Waals surface area contributed by atoms with Crippen molar-refractivity contribution in [1.82, 2.24) is 4.98 Å². The first-order chi connectivity index (χ1) is 11.8. The van der Waals surface area contributed by atoms with E-state index < -0.39 is 0 Å². The number of fused-ring (bicyclic) bond motifs is 2. The van der Waals surface area contributed by atoms with Crippen molar-refractivity contribution in [3.05, 3.63) is 78.3 Å². The maximum atomic E-state index is 9.38. The second-order valence-corrected chi connectivity index (χ2v) is 5.47. The molecule has 0 bridgehead atoms. The molecule has 0 aliphatic rings. The third-order valence-electron chi connectivity index (χ3n) is 3.99. The molecule has 2 heterocycles. The van der Waals surface area contributed by atoms with Gasteiger partial charge in [-0.25, -0.2) is 0 Å². The van der Waals surface area contributed by atoms with E-state index in [0.717, 1.165) is 21.7 Å². The summed E-state index contributed by atoms with van der Waals surface area (Å²) in [4.78, 5) is 4.46. The molecule has 0 spiro atoms. The van der Waals surface area contributed by atoms with Gasteiger partial charge in [0.1, 0.15) is 16.6 Å². The van der Waals surface area contributed by atoms with Crippen molar-refractivity contribution in [2.75, 3.05) is 0 Å². The lowest BCUT2D eigenvalue weighted by molar-refractivity contribution is 0.302. The predicted molar refractivity (Wildman–Crippen MR) is 94.4 cm³/mol. The summed E-state index contributed by atoms with van der Waals surface area (Å²) >= 11 is 0. The Morgan fingerprint density at radius 3 is 2.67 bits per heavy atom. The van der Waals surface area contributed by atoms with Crippen LogP contribution in [0.3, 0.4) is 0 Å². The lowest BCUT2D eigenvalue weighted by atomic mass is 10.1. The van der Waals surface area contributed by atoms with Gasteiger partial charge < -0.3 is 9.62 Å². The molecule has 0 atom stereocenters. The van der Waals surface area contributed by atoms with Crippen molar-refractivity contribution in [1.29, 1.82) is 0 Å². The quantitative estimate of drug-likeness (QED) is 0.435. The molecular formula is C20H14N2O2. The van der Waals surface area contributed by atoms with E-state index in [1.165, 1.54) is 0 Å². The maximum absolute atomic E-state index is 9.38. The van der Waals surface area contributed by atoms with Gasteiger partial charge in [-0.1, -0.05) is 48.1 Å². The van der Waals surface area contributed by atoms with Crippen molar-refractivity contribution in [2.45, 2.75) is 0 Å². The summed E-state index contributed by atoms with van der Waals surface area (Å²) in [6, 6.07) is 17.2. The highest BCUT2D eigenvalue weighted by Crippen LogP contribution is 2.24. The summed E-state index contributed by atoms with van der Waals surface area (Å²) in [7, 11) is 0. The fraction of sp³-hybridized carbons (Fsp3) is 0. The van der Waals surface area contributed by atoms with Gasteiger partial charge in [0, 0.05) is 23.0 Å². The fourth-order valence-electron chi connectivity index (χ4n) is 2.74. The minimum atomic E-state index is 0.435. The van der Waals surface area contributed by atoms with Gasteiger partial charge in [-0.3, -0.25) is 4.98 Å². The predicted octanol–water partition coefficient (Wildman–Crippen LogP) is 4.58. The molecule has 0 aliphatic carbocycles. The third-order valence-corrected chi connectivity index (χ3v) is 3.99. The minimum Gasteiger partial charge on any atom is -0.454 e. The normalized spacial score (nSPS) is 11.9. The first-order valence-corrected chi connectivity index (χ1v) is 7.52. The Balaban J connectivity index is 1.97. The van der Waals surface area contributed by atoms with Crippen LogP contribution in [0.2, 0.25) is 0 Å². The molecule has 4 aromatic rings. The summed E-state index contributed by atoms with van der Waals surface area (Å²) in [5, 5.41) is 16.1. The van der Waals surface area contributed by atoms with Crippen LogP contribution < -0.4 is 5.36 Å². The monoisotopic (exact) mass is 314 g/mol. The number of benzene rings is 2. The third kappa shape index (κ3) is 2.34. The maximum Gasteiger partial charge on any atom is 0.155 e. The Hall–Kier alpha value is -3.40. The van der Waals surface area contributed by atoms with Gasteiger partial charge in [0.15, 0.2) is 5.76 Å². The SMILES string of the molecule is C=Cc1ccc2oc(-c3cc4ccccc4cn3)c/c(=N\O)c2c1. The van der Waals surface area contributed by atoms with Crippen LogP contribution in [0.15, 0.2) is 76.9 Å². The Labute approximate surface area is 138 Å². The van der Waals surface area contributed by atoms with E-state index in [-0.39, 0.29) is 0 Å². The molecule has 0 saturated heterocycles. The molecule has 0 amide bonds. The minimum absolute atomic E-state index is 0.435. The first-order valence-electron chi connectivity index (χ1n) is 7.52. The Morgan fingerprint density at radius 2 is 1.88 bits per heavy atom. The van der Waals surface area contributed by atoms with Crippen molar-refractivity contribution in [2.24, 2.45) is 5.16 Å². The largest absolute Gasteiger partial charge is 0.454 e. The van der Waals surface area contributed by atoms with Gasteiger partial charge in [-0.2, -0.15) is 0 Å². The van der Waals surface area contributed by atoms with Crippen molar-refractivity contribution in [3.63, 3.8) is 0 Å². The Kier molecular flexibility index (Phi) is 3.35. The van der Waals surface area contributed by atoms with Crippen LogP contribution in [-0.2, 0) is 0 Å². The van der Waals surface area contributed by atoms with Crippen LogP contribution in [-0.4, -0.2) is 10.2 Å². The number of pyridine rings is 1. The van der Waals surface area contributed by atoms with E-state index in [0.29, 0.717) is 22.4 Å². The molecule has 2 aromatic carbocycles. The van der Waals surface area contributed by atoms with E-state index in [9.17, 15) is 5.21 Å². The molecule has 1 N–H and O–H groups in total. The van der Waals surface area contributed by atoms with E-state index in [1.807, 2.05) is 48.5 Å². The van der Waals surface area contributed by atoms with Gasteiger partial charge >= 0.3 is 0 Å². The van der Waals surface area contributed by atoms with Crippen LogP contribution in [0.4, 0.5) is 0 Å². The highest BCUT2D eigenvalue weighted by molar-refractivity contribution is 5.85. The number of rotatable bonds is 2. The highest BCUT2D eigenvalue weighted by Gasteiger charge is 2.08. The van der Waals surface area contributed by atoms with E-state index in [2.05, 4.69) is 16.7 Å². The zero-order valence-electron chi connectivity index (χ0n) is 12.8. The zero-order valence-corrected chi connectivity index (χ0v) is 12.8. The smallest absolute Gasteiger partial charge is 0.155 e.